The van der Waals surface area contributed by atoms with E-state index in [1.165, 1.54) is 4.31 Å². The summed E-state index contributed by atoms with van der Waals surface area (Å²) < 4.78 is 46.1. The van der Waals surface area contributed by atoms with Crippen LogP contribution in [0, 0.1) is 5.82 Å². The zero-order valence-electron chi connectivity index (χ0n) is 14.5. The highest BCUT2D eigenvalue weighted by Gasteiger charge is 2.31. The largest absolute Gasteiger partial charge is 0.459 e. The molecule has 2 heterocycles. The predicted octanol–water partition coefficient (Wildman–Crippen LogP) is 3.00. The number of nitrogens with zero attached hydrogens (tertiary/aromatic N) is 3. The van der Waals surface area contributed by atoms with E-state index in [-0.39, 0.29) is 23.6 Å². The molecular formula is C19H18FN3O3S. The highest BCUT2D eigenvalue weighted by Crippen LogP contribution is 2.25. The van der Waals surface area contributed by atoms with Crippen molar-refractivity contribution in [3.63, 3.8) is 0 Å². The summed E-state index contributed by atoms with van der Waals surface area (Å²) in [6.45, 7) is 0.634. The number of sulfonamides is 1. The van der Waals surface area contributed by atoms with Crippen LogP contribution in [0.25, 0.3) is 10.8 Å². The fourth-order valence-corrected chi connectivity index (χ4v) is 4.75. The molecule has 0 amide bonds. The maximum atomic E-state index is 13.1. The Morgan fingerprint density at radius 3 is 2.59 bits per heavy atom. The van der Waals surface area contributed by atoms with Crippen LogP contribution in [-0.4, -0.2) is 41.9 Å². The Balaban J connectivity index is 1.54. The molecule has 1 saturated heterocycles. The zero-order valence-corrected chi connectivity index (χ0v) is 15.3. The van der Waals surface area contributed by atoms with Crippen LogP contribution in [0.1, 0.15) is 12.8 Å². The average molecular weight is 387 g/mol. The molecule has 2 aromatic carbocycles. The van der Waals surface area contributed by atoms with Gasteiger partial charge >= 0.3 is 6.01 Å². The number of ether oxygens (including phenoxy) is 1. The van der Waals surface area contributed by atoms with Crippen molar-refractivity contribution < 1.29 is 17.5 Å². The van der Waals surface area contributed by atoms with Crippen LogP contribution in [0.5, 0.6) is 6.01 Å². The quantitative estimate of drug-likeness (QED) is 0.688. The van der Waals surface area contributed by atoms with Crippen molar-refractivity contribution in [1.29, 1.82) is 0 Å². The minimum atomic E-state index is -3.63. The van der Waals surface area contributed by atoms with Crippen molar-refractivity contribution in [1.82, 2.24) is 14.3 Å². The molecule has 27 heavy (non-hydrogen) atoms. The van der Waals surface area contributed by atoms with Gasteiger partial charge in [0, 0.05) is 6.54 Å². The normalized spacial score (nSPS) is 18.5. The van der Waals surface area contributed by atoms with Gasteiger partial charge in [-0.05, 0) is 35.7 Å². The van der Waals surface area contributed by atoms with Crippen molar-refractivity contribution >= 4 is 20.8 Å². The number of fused-ring (bicyclic) bond motifs is 1. The van der Waals surface area contributed by atoms with Crippen LogP contribution >= 0.6 is 0 Å². The second kappa shape index (κ2) is 7.21. The Morgan fingerprint density at radius 1 is 1.07 bits per heavy atom. The maximum absolute atomic E-state index is 13.1. The summed E-state index contributed by atoms with van der Waals surface area (Å²) in [7, 11) is -3.63. The van der Waals surface area contributed by atoms with Gasteiger partial charge in [0.25, 0.3) is 0 Å². The van der Waals surface area contributed by atoms with Gasteiger partial charge in [0.1, 0.15) is 6.10 Å². The highest BCUT2D eigenvalue weighted by atomic mass is 32.2. The van der Waals surface area contributed by atoms with Gasteiger partial charge in [0.2, 0.25) is 10.0 Å². The van der Waals surface area contributed by atoms with E-state index in [4.69, 9.17) is 4.74 Å². The third-order valence-electron chi connectivity index (χ3n) is 4.57. The number of hydrogen-bond donors (Lipinski definition) is 0. The van der Waals surface area contributed by atoms with Gasteiger partial charge < -0.3 is 4.74 Å². The molecule has 1 unspecified atom stereocenters. The lowest BCUT2D eigenvalue weighted by Crippen LogP contribution is -2.44. The highest BCUT2D eigenvalue weighted by molar-refractivity contribution is 7.89. The first-order valence-corrected chi connectivity index (χ1v) is 10.1. The van der Waals surface area contributed by atoms with Crippen molar-refractivity contribution in [3.8, 4) is 6.01 Å². The van der Waals surface area contributed by atoms with E-state index in [0.29, 0.717) is 19.4 Å². The fourth-order valence-electron chi connectivity index (χ4n) is 3.21. The molecular weight excluding hydrogens is 369 g/mol. The summed E-state index contributed by atoms with van der Waals surface area (Å²) in [4.78, 5) is 7.82. The predicted molar refractivity (Wildman–Crippen MR) is 98.3 cm³/mol. The van der Waals surface area contributed by atoms with E-state index >= 15 is 0 Å². The van der Waals surface area contributed by atoms with Crippen molar-refractivity contribution in [3.05, 3.63) is 60.7 Å². The Bertz CT molecular complexity index is 1060. The molecule has 1 atom stereocenters. The lowest BCUT2D eigenvalue weighted by atomic mass is 10.1. The molecule has 1 aliphatic heterocycles. The number of aromatic nitrogens is 2. The smallest absolute Gasteiger partial charge is 0.316 e. The topological polar surface area (TPSA) is 72.4 Å². The molecule has 0 radical (unpaired) electrons. The number of benzene rings is 2. The molecule has 0 aliphatic carbocycles. The SMILES string of the molecule is O=S(=O)(c1ccc2ccccc2c1)N1CCCC(Oc2ncc(F)cn2)C1. The monoisotopic (exact) mass is 387 g/mol. The zero-order chi connectivity index (χ0) is 18.9. The number of hydrogen-bond acceptors (Lipinski definition) is 5. The van der Waals surface area contributed by atoms with Crippen molar-refractivity contribution in [2.75, 3.05) is 13.1 Å². The third-order valence-corrected chi connectivity index (χ3v) is 6.43. The first-order chi connectivity index (χ1) is 13.0. The van der Waals surface area contributed by atoms with Crippen LogP contribution < -0.4 is 4.74 Å². The molecule has 1 aromatic heterocycles. The second-order valence-electron chi connectivity index (χ2n) is 6.44. The van der Waals surface area contributed by atoms with Gasteiger partial charge in [0.15, 0.2) is 5.82 Å². The third kappa shape index (κ3) is 3.77. The molecule has 0 N–H and O–H groups in total. The van der Waals surface area contributed by atoms with Crippen LogP contribution in [0.15, 0.2) is 59.8 Å². The number of halogens is 1. The average Bonchev–Trinajstić information content (AvgIpc) is 2.69. The van der Waals surface area contributed by atoms with E-state index in [2.05, 4.69) is 9.97 Å². The van der Waals surface area contributed by atoms with Crippen LogP contribution in [-0.2, 0) is 10.0 Å². The van der Waals surface area contributed by atoms with E-state index in [1.807, 2.05) is 30.3 Å². The van der Waals surface area contributed by atoms with Crippen LogP contribution in [0.4, 0.5) is 4.39 Å². The van der Waals surface area contributed by atoms with Gasteiger partial charge in [0.05, 0.1) is 23.8 Å². The van der Waals surface area contributed by atoms with Gasteiger partial charge in [-0.1, -0.05) is 30.3 Å². The summed E-state index contributed by atoms with van der Waals surface area (Å²) in [5.74, 6) is -0.550. The summed E-state index contributed by atoms with van der Waals surface area (Å²) in [6, 6.07) is 12.8. The minimum Gasteiger partial charge on any atom is -0.459 e. The molecule has 8 heteroatoms. The molecule has 0 saturated carbocycles. The van der Waals surface area contributed by atoms with Gasteiger partial charge in [-0.25, -0.2) is 22.8 Å². The molecule has 1 fully saturated rings. The Labute approximate surface area is 156 Å². The Kier molecular flexibility index (Phi) is 4.75. The van der Waals surface area contributed by atoms with E-state index < -0.39 is 15.8 Å². The molecule has 0 spiro atoms. The Morgan fingerprint density at radius 2 is 1.81 bits per heavy atom. The summed E-state index contributed by atoms with van der Waals surface area (Å²) >= 11 is 0. The number of rotatable bonds is 4. The molecule has 0 bridgehead atoms. The lowest BCUT2D eigenvalue weighted by molar-refractivity contribution is 0.119. The molecule has 3 aromatic rings. The number of piperidine rings is 1. The second-order valence-corrected chi connectivity index (χ2v) is 8.38. The molecule has 1 aliphatic rings. The van der Waals surface area contributed by atoms with Gasteiger partial charge in [-0.2, -0.15) is 4.31 Å². The summed E-state index contributed by atoms with van der Waals surface area (Å²) in [5.41, 5.74) is 0. The first kappa shape index (κ1) is 17.8. The van der Waals surface area contributed by atoms with Crippen molar-refractivity contribution in [2.45, 2.75) is 23.8 Å². The van der Waals surface area contributed by atoms with E-state index in [9.17, 15) is 12.8 Å². The lowest BCUT2D eigenvalue weighted by Gasteiger charge is -2.31. The standard InChI is InChI=1S/C19H18FN3O3S/c20-16-11-21-19(22-12-16)26-17-6-3-9-23(13-17)27(24,25)18-8-7-14-4-1-2-5-15(14)10-18/h1-2,4-5,7-8,10-12,17H,3,6,9,13H2. The van der Waals surface area contributed by atoms with E-state index in [0.717, 1.165) is 23.2 Å². The first-order valence-electron chi connectivity index (χ1n) is 8.65. The fraction of sp³-hybridized carbons (Fsp3) is 0.263. The summed E-state index contributed by atoms with van der Waals surface area (Å²) in [6.07, 6.45) is 3.02. The van der Waals surface area contributed by atoms with E-state index in [1.54, 1.807) is 12.1 Å². The molecule has 140 valence electrons. The van der Waals surface area contributed by atoms with Crippen LogP contribution in [0.3, 0.4) is 0 Å². The van der Waals surface area contributed by atoms with Crippen LogP contribution in [0.2, 0.25) is 0 Å². The van der Waals surface area contributed by atoms with Gasteiger partial charge in [-0.3, -0.25) is 0 Å². The summed E-state index contributed by atoms with van der Waals surface area (Å²) in [5, 5.41) is 1.87. The minimum absolute atomic E-state index is 0.0475. The van der Waals surface area contributed by atoms with Crippen molar-refractivity contribution in [2.24, 2.45) is 0 Å². The molecule has 6 nitrogen and oxygen atoms in total. The molecule has 4 rings (SSSR count). The van der Waals surface area contributed by atoms with Gasteiger partial charge in [-0.15, -0.1) is 0 Å². The maximum Gasteiger partial charge on any atom is 0.316 e. The Hall–Kier alpha value is -2.58.